The van der Waals surface area contributed by atoms with Gasteiger partial charge in [0.2, 0.25) is 5.91 Å². The molecule has 1 atom stereocenters. The minimum atomic E-state index is -0.279. The Hall–Kier alpha value is -3.90. The van der Waals surface area contributed by atoms with Crippen LogP contribution in [-0.4, -0.2) is 59.4 Å². The maximum atomic E-state index is 13.7. The van der Waals surface area contributed by atoms with Gasteiger partial charge in [-0.15, -0.1) is 0 Å². The zero-order chi connectivity index (χ0) is 24.6. The van der Waals surface area contributed by atoms with Crippen molar-refractivity contribution in [1.29, 1.82) is 0 Å². The lowest BCUT2D eigenvalue weighted by molar-refractivity contribution is -0.135. The second-order valence-corrected chi connectivity index (χ2v) is 9.56. The van der Waals surface area contributed by atoms with E-state index in [1.54, 1.807) is 0 Å². The Bertz CT molecular complexity index is 1430. The Balaban J connectivity index is 1.44. The number of H-pyrrole nitrogens is 1. The molecule has 0 unspecified atom stereocenters. The van der Waals surface area contributed by atoms with Gasteiger partial charge in [-0.2, -0.15) is 0 Å². The predicted molar refractivity (Wildman–Crippen MR) is 140 cm³/mol. The van der Waals surface area contributed by atoms with E-state index < -0.39 is 0 Å². The lowest BCUT2D eigenvalue weighted by atomic mass is 9.93. The molecule has 1 fully saturated rings. The van der Waals surface area contributed by atoms with Gasteiger partial charge in [0.05, 0.1) is 24.9 Å². The number of carbonyl (C=O) groups is 2. The number of nitrogens with zero attached hydrogens (tertiary/aromatic N) is 2. The van der Waals surface area contributed by atoms with Gasteiger partial charge in [-0.1, -0.05) is 66.2 Å². The molecule has 2 aliphatic rings. The number of carbonyl (C=O) groups excluding carboxylic acids is 2. The fraction of sp³-hybridized carbons (Fsp3) is 0.267. The van der Waals surface area contributed by atoms with Gasteiger partial charge < -0.3 is 19.5 Å². The van der Waals surface area contributed by atoms with Crippen LogP contribution in [0.4, 0.5) is 0 Å². The molecule has 1 N–H and O–H groups in total. The average molecular weight is 480 g/mol. The minimum Gasteiger partial charge on any atom is -0.378 e. The number of hydrogen-bond donors (Lipinski definition) is 1. The third-order valence-corrected chi connectivity index (χ3v) is 7.35. The molecule has 6 rings (SSSR count). The molecule has 3 heterocycles. The molecule has 1 aromatic heterocycles. The summed E-state index contributed by atoms with van der Waals surface area (Å²) in [5.41, 5.74) is 7.08. The highest BCUT2D eigenvalue weighted by Gasteiger charge is 2.40. The number of aryl methyl sites for hydroxylation is 1. The number of morpholine rings is 1. The number of hydrogen-bond acceptors (Lipinski definition) is 3. The summed E-state index contributed by atoms with van der Waals surface area (Å²) in [6.07, 6.45) is 0.290. The molecule has 3 aromatic carbocycles. The minimum absolute atomic E-state index is 0.0227. The molecule has 6 nitrogen and oxygen atoms in total. The summed E-state index contributed by atoms with van der Waals surface area (Å²) in [6.45, 7) is 4.79. The number of aromatic nitrogens is 1. The number of fused-ring (bicyclic) bond motifs is 2. The highest BCUT2D eigenvalue weighted by Crippen LogP contribution is 2.45. The summed E-state index contributed by atoms with van der Waals surface area (Å²) in [5.74, 6) is 0.0454. The van der Waals surface area contributed by atoms with Gasteiger partial charge >= 0.3 is 0 Å². The van der Waals surface area contributed by atoms with Crippen molar-refractivity contribution in [3.05, 3.63) is 95.1 Å². The number of ether oxygens (including phenoxy) is 1. The molecular weight excluding hydrogens is 450 g/mol. The largest absolute Gasteiger partial charge is 0.378 e. The molecule has 4 aromatic rings. The number of nitrogens with one attached hydrogen (secondary N) is 1. The lowest BCUT2D eigenvalue weighted by Gasteiger charge is -2.30. The van der Waals surface area contributed by atoms with E-state index in [1.165, 1.54) is 5.56 Å². The van der Waals surface area contributed by atoms with Crippen LogP contribution in [-0.2, 0) is 9.53 Å². The van der Waals surface area contributed by atoms with E-state index in [0.29, 0.717) is 44.8 Å². The number of benzene rings is 3. The molecule has 36 heavy (non-hydrogen) atoms. The molecule has 1 saturated heterocycles. The monoisotopic (exact) mass is 479 g/mol. The quantitative estimate of drug-likeness (QED) is 0.441. The van der Waals surface area contributed by atoms with Crippen LogP contribution in [0.5, 0.6) is 0 Å². The fourth-order valence-corrected chi connectivity index (χ4v) is 5.49. The Labute approximate surface area is 210 Å². The van der Waals surface area contributed by atoms with Crippen LogP contribution in [0.1, 0.15) is 39.5 Å². The third-order valence-electron chi connectivity index (χ3n) is 7.35. The molecule has 6 heteroatoms. The maximum absolute atomic E-state index is 13.7. The standard InChI is InChI=1S/C30H29N3O3/c1-20-10-12-21(13-11-20)28-27(24-8-4-5-9-25(24)31-28)29-22-6-2-3-7-23(22)30(35)33(29)15-14-26(34)32-16-18-36-19-17-32/h2-13,29,31H,14-19H2,1H3/t29-/m1/s1. The van der Waals surface area contributed by atoms with Crippen molar-refractivity contribution in [2.24, 2.45) is 0 Å². The van der Waals surface area contributed by atoms with Crippen LogP contribution >= 0.6 is 0 Å². The summed E-state index contributed by atoms with van der Waals surface area (Å²) >= 11 is 0. The van der Waals surface area contributed by atoms with Crippen molar-refractivity contribution in [2.45, 2.75) is 19.4 Å². The van der Waals surface area contributed by atoms with Crippen LogP contribution in [0.3, 0.4) is 0 Å². The second-order valence-electron chi connectivity index (χ2n) is 9.56. The van der Waals surface area contributed by atoms with Crippen molar-refractivity contribution in [1.82, 2.24) is 14.8 Å². The third kappa shape index (κ3) is 3.88. The molecule has 2 amide bonds. The highest BCUT2D eigenvalue weighted by molar-refractivity contribution is 6.02. The topological polar surface area (TPSA) is 65.6 Å². The molecule has 0 saturated carbocycles. The summed E-state index contributed by atoms with van der Waals surface area (Å²) in [4.78, 5) is 34.0. The van der Waals surface area contributed by atoms with E-state index in [1.807, 2.05) is 46.2 Å². The van der Waals surface area contributed by atoms with Gasteiger partial charge in [-0.25, -0.2) is 0 Å². The molecular formula is C30H29N3O3. The summed E-state index contributed by atoms with van der Waals surface area (Å²) in [5, 5.41) is 1.09. The van der Waals surface area contributed by atoms with Gasteiger partial charge in [-0.3, -0.25) is 9.59 Å². The Morgan fingerprint density at radius 1 is 0.972 bits per heavy atom. The smallest absolute Gasteiger partial charge is 0.255 e. The number of para-hydroxylation sites is 1. The van der Waals surface area contributed by atoms with Gasteiger partial charge in [0.1, 0.15) is 0 Å². The van der Waals surface area contributed by atoms with Crippen molar-refractivity contribution in [2.75, 3.05) is 32.8 Å². The van der Waals surface area contributed by atoms with Crippen LogP contribution < -0.4 is 0 Å². The number of amides is 2. The first-order valence-corrected chi connectivity index (χ1v) is 12.5. The van der Waals surface area contributed by atoms with Gasteiger partial charge in [0.25, 0.3) is 5.91 Å². The number of aromatic amines is 1. The maximum Gasteiger partial charge on any atom is 0.255 e. The van der Waals surface area contributed by atoms with E-state index in [9.17, 15) is 9.59 Å². The molecule has 0 bridgehead atoms. The van der Waals surface area contributed by atoms with E-state index in [2.05, 4.69) is 48.3 Å². The van der Waals surface area contributed by atoms with Crippen molar-refractivity contribution < 1.29 is 14.3 Å². The van der Waals surface area contributed by atoms with Crippen LogP contribution in [0, 0.1) is 6.92 Å². The second kappa shape index (κ2) is 9.28. The van der Waals surface area contributed by atoms with Crippen molar-refractivity contribution >= 4 is 22.7 Å². The summed E-state index contributed by atoms with van der Waals surface area (Å²) in [7, 11) is 0. The van der Waals surface area contributed by atoms with Crippen LogP contribution in [0.2, 0.25) is 0 Å². The highest BCUT2D eigenvalue weighted by atomic mass is 16.5. The zero-order valence-corrected chi connectivity index (χ0v) is 20.4. The first-order chi connectivity index (χ1) is 17.6. The molecule has 2 aliphatic heterocycles. The van der Waals surface area contributed by atoms with Gasteiger partial charge in [0.15, 0.2) is 0 Å². The first kappa shape index (κ1) is 22.6. The van der Waals surface area contributed by atoms with E-state index >= 15 is 0 Å². The summed E-state index contributed by atoms with van der Waals surface area (Å²) < 4.78 is 5.39. The van der Waals surface area contributed by atoms with Crippen LogP contribution in [0.25, 0.3) is 22.2 Å². The summed E-state index contributed by atoms with van der Waals surface area (Å²) in [6, 6.07) is 24.3. The Morgan fingerprint density at radius 2 is 1.69 bits per heavy atom. The first-order valence-electron chi connectivity index (χ1n) is 12.5. The lowest BCUT2D eigenvalue weighted by Crippen LogP contribution is -2.42. The fourth-order valence-electron chi connectivity index (χ4n) is 5.49. The molecule has 0 aliphatic carbocycles. The molecule has 182 valence electrons. The Morgan fingerprint density at radius 3 is 2.50 bits per heavy atom. The van der Waals surface area contributed by atoms with Gasteiger partial charge in [0, 0.05) is 48.1 Å². The average Bonchev–Trinajstić information content (AvgIpc) is 3.43. The molecule has 0 radical (unpaired) electrons. The predicted octanol–water partition coefficient (Wildman–Crippen LogP) is 4.94. The zero-order valence-electron chi connectivity index (χ0n) is 20.4. The molecule has 0 spiro atoms. The van der Waals surface area contributed by atoms with Crippen molar-refractivity contribution in [3.8, 4) is 11.3 Å². The van der Waals surface area contributed by atoms with Crippen molar-refractivity contribution in [3.63, 3.8) is 0 Å². The van der Waals surface area contributed by atoms with Gasteiger partial charge in [-0.05, 0) is 30.2 Å². The normalized spacial score (nSPS) is 17.6. The number of rotatable bonds is 5. The van der Waals surface area contributed by atoms with Crippen LogP contribution in [0.15, 0.2) is 72.8 Å². The Kier molecular flexibility index (Phi) is 5.82. The SMILES string of the molecule is Cc1ccc(-c2[nH]c3ccccc3c2[C@H]2c3ccccc3C(=O)N2CCC(=O)N2CCOCC2)cc1. The van der Waals surface area contributed by atoms with E-state index in [-0.39, 0.29) is 17.9 Å². The van der Waals surface area contributed by atoms with E-state index in [4.69, 9.17) is 4.74 Å². The van der Waals surface area contributed by atoms with E-state index in [0.717, 1.165) is 33.3 Å².